The van der Waals surface area contributed by atoms with E-state index in [9.17, 15) is 14.4 Å². The van der Waals surface area contributed by atoms with Gasteiger partial charge in [-0.15, -0.1) is 0 Å². The summed E-state index contributed by atoms with van der Waals surface area (Å²) in [6.45, 7) is 6.88. The van der Waals surface area contributed by atoms with E-state index in [1.54, 1.807) is 0 Å². The molecule has 3 heterocycles. The van der Waals surface area contributed by atoms with Gasteiger partial charge in [-0.2, -0.15) is 0 Å². The number of hydrogen-bond acceptors (Lipinski definition) is 4. The summed E-state index contributed by atoms with van der Waals surface area (Å²) in [5.74, 6) is 0.360. The van der Waals surface area contributed by atoms with Gasteiger partial charge in [0, 0.05) is 49.5 Å². The number of carbonyl (C=O) groups is 2. The molecule has 2 fully saturated rings. The highest BCUT2D eigenvalue weighted by Gasteiger charge is 2.30. The van der Waals surface area contributed by atoms with Crippen molar-refractivity contribution < 1.29 is 14.0 Å². The molecular weight excluding hydrogens is 392 g/mol. The molecule has 0 aliphatic carbocycles. The van der Waals surface area contributed by atoms with Gasteiger partial charge in [0.25, 0.3) is 0 Å². The molecule has 31 heavy (non-hydrogen) atoms. The Labute approximate surface area is 183 Å². The molecule has 166 valence electrons. The summed E-state index contributed by atoms with van der Waals surface area (Å²) in [7, 11) is 0. The van der Waals surface area contributed by atoms with Crippen LogP contribution in [0.15, 0.2) is 27.4 Å². The number of piperidine rings is 2. The maximum absolute atomic E-state index is 12.8. The lowest BCUT2D eigenvalue weighted by Gasteiger charge is -2.35. The third kappa shape index (κ3) is 4.68. The second-order valence-electron chi connectivity index (χ2n) is 9.03. The second kappa shape index (κ2) is 9.25. The first-order valence-electron chi connectivity index (χ1n) is 11.5. The molecule has 2 aromatic rings. The Morgan fingerprint density at radius 1 is 1.00 bits per heavy atom. The van der Waals surface area contributed by atoms with Crippen LogP contribution in [0.3, 0.4) is 0 Å². The van der Waals surface area contributed by atoms with Crippen LogP contribution in [-0.2, 0) is 16.0 Å². The van der Waals surface area contributed by atoms with Crippen LogP contribution in [0.2, 0.25) is 0 Å². The van der Waals surface area contributed by atoms with Gasteiger partial charge in [0.2, 0.25) is 11.8 Å². The van der Waals surface area contributed by atoms with Crippen LogP contribution in [0.4, 0.5) is 0 Å². The van der Waals surface area contributed by atoms with Crippen molar-refractivity contribution in [1.82, 2.24) is 9.80 Å². The number of aryl methyl sites for hydroxylation is 2. The molecule has 6 heteroatoms. The highest BCUT2D eigenvalue weighted by Crippen LogP contribution is 2.24. The van der Waals surface area contributed by atoms with Gasteiger partial charge in [-0.25, -0.2) is 4.79 Å². The molecule has 2 amide bonds. The molecule has 0 saturated carbocycles. The van der Waals surface area contributed by atoms with Gasteiger partial charge < -0.3 is 14.2 Å². The van der Waals surface area contributed by atoms with Gasteiger partial charge >= 0.3 is 5.63 Å². The van der Waals surface area contributed by atoms with E-state index in [4.69, 9.17) is 4.42 Å². The van der Waals surface area contributed by atoms with E-state index in [2.05, 4.69) is 0 Å². The smallest absolute Gasteiger partial charge is 0.339 e. The minimum Gasteiger partial charge on any atom is -0.423 e. The van der Waals surface area contributed by atoms with E-state index in [0.717, 1.165) is 55.3 Å². The lowest BCUT2D eigenvalue weighted by atomic mass is 9.94. The highest BCUT2D eigenvalue weighted by molar-refractivity contribution is 5.82. The number of amides is 2. The zero-order chi connectivity index (χ0) is 22.0. The fourth-order valence-corrected chi connectivity index (χ4v) is 4.93. The number of fused-ring (bicyclic) bond motifs is 1. The van der Waals surface area contributed by atoms with Crippen LogP contribution in [0.1, 0.15) is 55.2 Å². The molecular formula is C25H32N2O4. The third-order valence-corrected chi connectivity index (χ3v) is 6.90. The first kappa shape index (κ1) is 21.6. The predicted molar refractivity (Wildman–Crippen MR) is 120 cm³/mol. The lowest BCUT2D eigenvalue weighted by Crippen LogP contribution is -2.45. The molecule has 0 N–H and O–H groups in total. The molecule has 1 aromatic heterocycles. The highest BCUT2D eigenvalue weighted by atomic mass is 16.4. The number of carbonyl (C=O) groups excluding carboxylic acids is 2. The van der Waals surface area contributed by atoms with Crippen LogP contribution >= 0.6 is 0 Å². The molecule has 1 aromatic carbocycles. The number of likely N-dealkylation sites (tertiary alicyclic amines) is 2. The molecule has 2 saturated heterocycles. The Morgan fingerprint density at radius 3 is 2.42 bits per heavy atom. The second-order valence-corrected chi connectivity index (χ2v) is 9.03. The van der Waals surface area contributed by atoms with E-state index in [0.29, 0.717) is 30.7 Å². The lowest BCUT2D eigenvalue weighted by molar-refractivity contribution is -0.141. The summed E-state index contributed by atoms with van der Waals surface area (Å²) in [5, 5.41) is 0.921. The average Bonchev–Trinajstić information content (AvgIpc) is 2.78. The Bertz CT molecular complexity index is 1030. The number of rotatable bonds is 4. The van der Waals surface area contributed by atoms with Crippen molar-refractivity contribution in [2.24, 2.45) is 5.92 Å². The van der Waals surface area contributed by atoms with Crippen molar-refractivity contribution >= 4 is 22.8 Å². The fourth-order valence-electron chi connectivity index (χ4n) is 4.93. The zero-order valence-electron chi connectivity index (χ0n) is 18.6. The van der Waals surface area contributed by atoms with E-state index in [1.165, 1.54) is 6.42 Å². The molecule has 0 atom stereocenters. The molecule has 0 radical (unpaired) electrons. The van der Waals surface area contributed by atoms with Crippen LogP contribution in [0.5, 0.6) is 0 Å². The molecule has 6 nitrogen and oxygen atoms in total. The van der Waals surface area contributed by atoms with Crippen LogP contribution < -0.4 is 5.63 Å². The quantitative estimate of drug-likeness (QED) is 0.703. The van der Waals surface area contributed by atoms with Gasteiger partial charge in [-0.3, -0.25) is 9.59 Å². The van der Waals surface area contributed by atoms with Crippen molar-refractivity contribution in [3.8, 4) is 0 Å². The summed E-state index contributed by atoms with van der Waals surface area (Å²) in [5.41, 5.74) is 2.76. The molecule has 0 bridgehead atoms. The number of benzene rings is 1. The van der Waals surface area contributed by atoms with Gasteiger partial charge in [-0.05, 0) is 69.6 Å². The van der Waals surface area contributed by atoms with E-state index in [1.807, 2.05) is 41.8 Å². The van der Waals surface area contributed by atoms with E-state index < -0.39 is 0 Å². The fraction of sp³-hybridized carbons (Fsp3) is 0.560. The van der Waals surface area contributed by atoms with Gasteiger partial charge in [0.1, 0.15) is 5.58 Å². The van der Waals surface area contributed by atoms with Gasteiger partial charge in [-0.1, -0.05) is 12.1 Å². The monoisotopic (exact) mass is 424 g/mol. The standard InChI is InChI=1S/C25H32N2O4/c1-17-6-7-20-18(2)21(25(30)31-22(20)16-17)8-9-23(28)26-14-10-19(11-15-26)24(29)27-12-4-3-5-13-27/h6-7,16,19H,3-5,8-15H2,1-2H3. The van der Waals surface area contributed by atoms with Crippen molar-refractivity contribution in [2.45, 2.75) is 58.8 Å². The molecule has 0 spiro atoms. The van der Waals surface area contributed by atoms with Gasteiger partial charge in [0.15, 0.2) is 0 Å². The summed E-state index contributed by atoms with van der Waals surface area (Å²) in [4.78, 5) is 41.8. The first-order chi connectivity index (χ1) is 14.9. The summed E-state index contributed by atoms with van der Waals surface area (Å²) in [6.07, 6.45) is 5.55. The summed E-state index contributed by atoms with van der Waals surface area (Å²) < 4.78 is 5.51. The summed E-state index contributed by atoms with van der Waals surface area (Å²) in [6, 6.07) is 5.84. The van der Waals surface area contributed by atoms with Gasteiger partial charge in [0.05, 0.1) is 0 Å². The maximum atomic E-state index is 12.8. The molecule has 2 aliphatic rings. The zero-order valence-corrected chi connectivity index (χ0v) is 18.6. The first-order valence-corrected chi connectivity index (χ1v) is 11.5. The third-order valence-electron chi connectivity index (χ3n) is 6.90. The summed E-state index contributed by atoms with van der Waals surface area (Å²) >= 11 is 0. The SMILES string of the molecule is Cc1ccc2c(C)c(CCC(=O)N3CCC(C(=O)N4CCCCC4)CC3)c(=O)oc2c1. The Balaban J connectivity index is 1.34. The molecule has 2 aliphatic heterocycles. The van der Waals surface area contributed by atoms with Crippen molar-refractivity contribution in [3.05, 3.63) is 45.3 Å². The van der Waals surface area contributed by atoms with Crippen molar-refractivity contribution in [2.75, 3.05) is 26.2 Å². The van der Waals surface area contributed by atoms with Crippen LogP contribution in [0.25, 0.3) is 11.0 Å². The van der Waals surface area contributed by atoms with E-state index >= 15 is 0 Å². The number of nitrogens with zero attached hydrogens (tertiary/aromatic N) is 2. The van der Waals surface area contributed by atoms with Crippen molar-refractivity contribution in [1.29, 1.82) is 0 Å². The van der Waals surface area contributed by atoms with Crippen LogP contribution in [-0.4, -0.2) is 47.8 Å². The minimum atomic E-state index is -0.353. The predicted octanol–water partition coefficient (Wildman–Crippen LogP) is 3.59. The number of hydrogen-bond donors (Lipinski definition) is 0. The Hall–Kier alpha value is -2.63. The Kier molecular flexibility index (Phi) is 6.44. The van der Waals surface area contributed by atoms with Crippen LogP contribution in [0, 0.1) is 19.8 Å². The minimum absolute atomic E-state index is 0.0420. The maximum Gasteiger partial charge on any atom is 0.339 e. The molecule has 4 rings (SSSR count). The Morgan fingerprint density at radius 2 is 1.71 bits per heavy atom. The van der Waals surface area contributed by atoms with Crippen molar-refractivity contribution in [3.63, 3.8) is 0 Å². The van der Waals surface area contributed by atoms with E-state index in [-0.39, 0.29) is 29.8 Å². The largest absolute Gasteiger partial charge is 0.423 e. The topological polar surface area (TPSA) is 70.8 Å². The normalized spacial score (nSPS) is 17.9. The average molecular weight is 425 g/mol. The molecule has 0 unspecified atom stereocenters.